The van der Waals surface area contributed by atoms with Crippen LogP contribution in [0.25, 0.3) is 11.4 Å². The minimum absolute atomic E-state index is 0.173. The average molecular weight is 439 g/mol. The number of hydrogen-bond donors (Lipinski definition) is 1. The molecule has 31 heavy (non-hydrogen) atoms. The summed E-state index contributed by atoms with van der Waals surface area (Å²) in [5, 5.41) is 12.1. The summed E-state index contributed by atoms with van der Waals surface area (Å²) >= 11 is 1.32. The Labute approximate surface area is 186 Å². The number of aromatic nitrogens is 3. The maximum absolute atomic E-state index is 12.5. The lowest BCUT2D eigenvalue weighted by Gasteiger charge is -2.10. The van der Waals surface area contributed by atoms with Crippen molar-refractivity contribution in [2.45, 2.75) is 45.5 Å². The molecule has 2 aromatic carbocycles. The highest BCUT2D eigenvalue weighted by atomic mass is 32.2. The lowest BCUT2D eigenvalue weighted by molar-refractivity contribution is -0.113. The van der Waals surface area contributed by atoms with E-state index in [2.05, 4.69) is 15.5 Å². The van der Waals surface area contributed by atoms with Crippen LogP contribution >= 0.6 is 11.8 Å². The second kappa shape index (κ2) is 10.3. The molecule has 0 aliphatic carbocycles. The number of nitrogens with zero attached hydrogens (tertiary/aromatic N) is 3. The van der Waals surface area contributed by atoms with Gasteiger partial charge in [0.1, 0.15) is 0 Å². The molecule has 1 N–H and O–H groups in total. The van der Waals surface area contributed by atoms with E-state index >= 15 is 0 Å². The van der Waals surface area contributed by atoms with Gasteiger partial charge in [0.05, 0.1) is 17.4 Å². The van der Waals surface area contributed by atoms with E-state index in [0.717, 1.165) is 11.4 Å². The third kappa shape index (κ3) is 5.95. The molecule has 0 radical (unpaired) electrons. The van der Waals surface area contributed by atoms with Crippen molar-refractivity contribution in [1.82, 2.24) is 14.8 Å². The van der Waals surface area contributed by atoms with Gasteiger partial charge in [0, 0.05) is 17.8 Å². The van der Waals surface area contributed by atoms with Crippen LogP contribution in [-0.2, 0) is 16.1 Å². The van der Waals surface area contributed by atoms with Gasteiger partial charge in [0.25, 0.3) is 0 Å². The molecule has 1 amide bonds. The molecular weight excluding hydrogens is 412 g/mol. The topological polar surface area (TPSA) is 86.1 Å². The summed E-state index contributed by atoms with van der Waals surface area (Å²) in [5.41, 5.74) is 3.11. The van der Waals surface area contributed by atoms with Crippen LogP contribution < -0.4 is 5.32 Å². The van der Waals surface area contributed by atoms with Crippen LogP contribution in [0, 0.1) is 6.92 Å². The predicted molar refractivity (Wildman–Crippen MR) is 122 cm³/mol. The quantitative estimate of drug-likeness (QED) is 0.410. The number of carbonyl (C=O) groups excluding carboxylic acids is 2. The number of carbonyl (C=O) groups is 2. The summed E-state index contributed by atoms with van der Waals surface area (Å²) in [6, 6.07) is 14.8. The number of amides is 1. The van der Waals surface area contributed by atoms with Gasteiger partial charge in [-0.25, -0.2) is 4.79 Å². The molecule has 3 aromatic rings. The fraction of sp³-hybridized carbons (Fsp3) is 0.304. The third-order valence-corrected chi connectivity index (χ3v) is 5.37. The van der Waals surface area contributed by atoms with E-state index in [-0.39, 0.29) is 17.8 Å². The number of aryl methyl sites for hydroxylation is 1. The predicted octanol–water partition coefficient (Wildman–Crippen LogP) is 4.57. The first kappa shape index (κ1) is 22.6. The van der Waals surface area contributed by atoms with Crippen molar-refractivity contribution in [1.29, 1.82) is 0 Å². The van der Waals surface area contributed by atoms with Crippen molar-refractivity contribution < 1.29 is 14.3 Å². The molecule has 0 saturated heterocycles. The number of rotatable bonds is 8. The third-order valence-electron chi connectivity index (χ3n) is 4.40. The Kier molecular flexibility index (Phi) is 7.46. The first-order valence-electron chi connectivity index (χ1n) is 10.1. The van der Waals surface area contributed by atoms with Gasteiger partial charge in [-0.3, -0.25) is 4.79 Å². The standard InChI is InChI=1S/C23H26N4O3S/c1-5-27-21(17-11-9-16(4)10-12-17)25-26-23(27)31-14-20(28)24-19-8-6-7-18(13-19)22(29)30-15(2)3/h6-13,15H,5,14H2,1-4H3,(H,24,28). The SMILES string of the molecule is CCn1c(SCC(=O)Nc2cccc(C(=O)OC(C)C)c2)nnc1-c1ccc(C)cc1. The van der Waals surface area contributed by atoms with Crippen LogP contribution in [0.15, 0.2) is 53.7 Å². The van der Waals surface area contributed by atoms with Crippen molar-refractivity contribution >= 4 is 29.3 Å². The molecule has 0 spiro atoms. The number of nitrogens with one attached hydrogen (secondary N) is 1. The van der Waals surface area contributed by atoms with Crippen LogP contribution in [-0.4, -0.2) is 38.5 Å². The van der Waals surface area contributed by atoms with E-state index < -0.39 is 5.97 Å². The van der Waals surface area contributed by atoms with Crippen LogP contribution in [0.5, 0.6) is 0 Å². The number of ether oxygens (including phenoxy) is 1. The molecule has 8 heteroatoms. The Morgan fingerprint density at radius 2 is 1.87 bits per heavy atom. The molecule has 7 nitrogen and oxygen atoms in total. The number of hydrogen-bond acceptors (Lipinski definition) is 6. The number of anilines is 1. The van der Waals surface area contributed by atoms with Crippen molar-refractivity contribution in [3.05, 3.63) is 59.7 Å². The van der Waals surface area contributed by atoms with Crippen molar-refractivity contribution in [2.24, 2.45) is 0 Å². The monoisotopic (exact) mass is 438 g/mol. The molecular formula is C23H26N4O3S. The highest BCUT2D eigenvalue weighted by molar-refractivity contribution is 7.99. The van der Waals surface area contributed by atoms with Crippen LogP contribution in [0.1, 0.15) is 36.7 Å². The zero-order valence-corrected chi connectivity index (χ0v) is 18.9. The van der Waals surface area contributed by atoms with Gasteiger partial charge < -0.3 is 14.6 Å². The Bertz CT molecular complexity index is 1060. The first-order chi connectivity index (χ1) is 14.9. The summed E-state index contributed by atoms with van der Waals surface area (Å²) < 4.78 is 7.19. The van der Waals surface area contributed by atoms with Gasteiger partial charge in [-0.15, -0.1) is 10.2 Å². The van der Waals surface area contributed by atoms with E-state index in [1.54, 1.807) is 38.1 Å². The molecule has 0 saturated carbocycles. The molecule has 0 aliphatic heterocycles. The van der Waals surface area contributed by atoms with E-state index in [1.807, 2.05) is 42.7 Å². The Morgan fingerprint density at radius 1 is 1.13 bits per heavy atom. The number of esters is 1. The van der Waals surface area contributed by atoms with Crippen LogP contribution in [0.3, 0.4) is 0 Å². The summed E-state index contributed by atoms with van der Waals surface area (Å²) in [6.45, 7) is 8.34. The average Bonchev–Trinajstić information content (AvgIpc) is 3.15. The fourth-order valence-electron chi connectivity index (χ4n) is 2.93. The Morgan fingerprint density at radius 3 is 2.55 bits per heavy atom. The summed E-state index contributed by atoms with van der Waals surface area (Å²) in [5.74, 6) is 0.344. The van der Waals surface area contributed by atoms with Crippen molar-refractivity contribution in [3.63, 3.8) is 0 Å². The Balaban J connectivity index is 1.64. The van der Waals surface area contributed by atoms with Gasteiger partial charge in [-0.1, -0.05) is 47.7 Å². The molecule has 0 unspecified atom stereocenters. The van der Waals surface area contributed by atoms with Crippen molar-refractivity contribution in [2.75, 3.05) is 11.1 Å². The zero-order chi connectivity index (χ0) is 22.4. The zero-order valence-electron chi connectivity index (χ0n) is 18.1. The molecule has 0 atom stereocenters. The minimum atomic E-state index is -0.417. The van der Waals surface area contributed by atoms with Gasteiger partial charge >= 0.3 is 5.97 Å². The molecule has 1 heterocycles. The van der Waals surface area contributed by atoms with E-state index in [9.17, 15) is 9.59 Å². The molecule has 0 bridgehead atoms. The second-order valence-corrected chi connectivity index (χ2v) is 8.23. The first-order valence-corrected chi connectivity index (χ1v) is 11.1. The van der Waals surface area contributed by atoms with E-state index in [1.165, 1.54) is 17.3 Å². The summed E-state index contributed by atoms with van der Waals surface area (Å²) in [6.07, 6.45) is -0.206. The molecule has 0 fully saturated rings. The Hall–Kier alpha value is -3.13. The van der Waals surface area contributed by atoms with Gasteiger partial charge in [0.15, 0.2) is 11.0 Å². The summed E-state index contributed by atoms with van der Waals surface area (Å²) in [7, 11) is 0. The normalized spacial score (nSPS) is 10.9. The molecule has 1 aromatic heterocycles. The lowest BCUT2D eigenvalue weighted by Crippen LogP contribution is -2.16. The second-order valence-electron chi connectivity index (χ2n) is 7.29. The lowest BCUT2D eigenvalue weighted by atomic mass is 10.1. The number of thioether (sulfide) groups is 1. The van der Waals surface area contributed by atoms with E-state index in [0.29, 0.717) is 23.0 Å². The maximum atomic E-state index is 12.5. The highest BCUT2D eigenvalue weighted by Gasteiger charge is 2.15. The smallest absolute Gasteiger partial charge is 0.338 e. The largest absolute Gasteiger partial charge is 0.459 e. The van der Waals surface area contributed by atoms with Crippen LogP contribution in [0.2, 0.25) is 0 Å². The van der Waals surface area contributed by atoms with Gasteiger partial charge in [0.2, 0.25) is 5.91 Å². The molecule has 3 rings (SSSR count). The van der Waals surface area contributed by atoms with E-state index in [4.69, 9.17) is 4.74 Å². The fourth-order valence-corrected chi connectivity index (χ4v) is 3.73. The number of benzene rings is 2. The van der Waals surface area contributed by atoms with Crippen molar-refractivity contribution in [3.8, 4) is 11.4 Å². The minimum Gasteiger partial charge on any atom is -0.459 e. The van der Waals surface area contributed by atoms with Crippen LogP contribution in [0.4, 0.5) is 5.69 Å². The molecule has 0 aliphatic rings. The van der Waals surface area contributed by atoms with Gasteiger partial charge in [-0.2, -0.15) is 0 Å². The molecule has 162 valence electrons. The van der Waals surface area contributed by atoms with Gasteiger partial charge in [-0.05, 0) is 45.9 Å². The highest BCUT2D eigenvalue weighted by Crippen LogP contribution is 2.24. The maximum Gasteiger partial charge on any atom is 0.338 e. The summed E-state index contributed by atoms with van der Waals surface area (Å²) in [4.78, 5) is 24.5.